The van der Waals surface area contributed by atoms with E-state index in [1.165, 1.54) is 23.9 Å². The van der Waals surface area contributed by atoms with Crippen molar-refractivity contribution < 1.29 is 0 Å². The molecular weight excluding hydrogens is 167 g/mol. The lowest BCUT2D eigenvalue weighted by Gasteiger charge is -2.23. The van der Waals surface area contributed by atoms with Crippen LogP contribution in [-0.2, 0) is 0 Å². The van der Waals surface area contributed by atoms with Crippen molar-refractivity contribution in [2.75, 3.05) is 19.8 Å². The van der Waals surface area contributed by atoms with Gasteiger partial charge >= 0.3 is 0 Å². The molecule has 2 rings (SSSR count). The summed E-state index contributed by atoms with van der Waals surface area (Å²) < 4.78 is 0. The van der Waals surface area contributed by atoms with E-state index >= 15 is 0 Å². The van der Waals surface area contributed by atoms with Crippen LogP contribution in [0.15, 0.2) is 23.2 Å². The Hall–Kier alpha value is -0.330. The van der Waals surface area contributed by atoms with E-state index in [9.17, 15) is 0 Å². The first kappa shape index (κ1) is 8.28. The van der Waals surface area contributed by atoms with Crippen LogP contribution in [0.3, 0.4) is 0 Å². The second-order valence-corrected chi connectivity index (χ2v) is 3.87. The molecule has 2 aliphatic rings. The first-order valence-electron chi connectivity index (χ1n) is 4.50. The van der Waals surface area contributed by atoms with Crippen molar-refractivity contribution in [3.63, 3.8) is 0 Å². The van der Waals surface area contributed by atoms with Crippen LogP contribution in [0.2, 0.25) is 0 Å². The molecule has 1 saturated heterocycles. The highest BCUT2D eigenvalue weighted by Crippen LogP contribution is 2.27. The Balaban J connectivity index is 2.10. The number of rotatable bonds is 1. The van der Waals surface area contributed by atoms with Gasteiger partial charge in [0.25, 0.3) is 0 Å². The van der Waals surface area contributed by atoms with Crippen LogP contribution in [-0.4, -0.2) is 24.7 Å². The van der Waals surface area contributed by atoms with E-state index in [1.807, 2.05) is 0 Å². The molecule has 66 valence electrons. The Morgan fingerprint density at radius 3 is 2.83 bits per heavy atom. The number of nitrogens with zero attached hydrogens (tertiary/aromatic N) is 1. The largest absolute Gasteiger partial charge is 0.357 e. The predicted molar refractivity (Wildman–Crippen MR) is 54.7 cm³/mol. The summed E-state index contributed by atoms with van der Waals surface area (Å²) in [6.07, 6.45) is 7.04. The second kappa shape index (κ2) is 3.59. The molecule has 3 heteroatoms. The highest BCUT2D eigenvalue weighted by Gasteiger charge is 2.16. The summed E-state index contributed by atoms with van der Waals surface area (Å²) in [6.45, 7) is 3.28. The van der Waals surface area contributed by atoms with Crippen molar-refractivity contribution in [1.82, 2.24) is 10.2 Å². The molecule has 0 spiro atoms. The summed E-state index contributed by atoms with van der Waals surface area (Å²) in [5, 5.41) is 4.70. The number of nitrogens with one attached hydrogen (secondary N) is 1. The van der Waals surface area contributed by atoms with Gasteiger partial charge in [-0.2, -0.15) is 0 Å². The van der Waals surface area contributed by atoms with Crippen LogP contribution >= 0.6 is 9.24 Å². The lowest BCUT2D eigenvalue weighted by molar-refractivity contribution is 0.429. The van der Waals surface area contributed by atoms with Gasteiger partial charge in [0.1, 0.15) is 0 Å². The molecule has 0 aromatic rings. The van der Waals surface area contributed by atoms with Crippen molar-refractivity contribution >= 4 is 9.24 Å². The Bertz CT molecular complexity index is 227. The fourth-order valence-corrected chi connectivity index (χ4v) is 2.17. The van der Waals surface area contributed by atoms with Gasteiger partial charge in [0, 0.05) is 18.8 Å². The van der Waals surface area contributed by atoms with Crippen LogP contribution in [0.5, 0.6) is 0 Å². The molecule has 12 heavy (non-hydrogen) atoms. The molecule has 1 N–H and O–H groups in total. The zero-order chi connectivity index (χ0) is 8.39. The van der Waals surface area contributed by atoms with Crippen LogP contribution in [0.25, 0.3) is 0 Å². The van der Waals surface area contributed by atoms with E-state index in [2.05, 4.69) is 31.6 Å². The fourth-order valence-electron chi connectivity index (χ4n) is 1.71. The normalized spacial score (nSPS) is 23.9. The van der Waals surface area contributed by atoms with Crippen LogP contribution in [0.1, 0.15) is 12.8 Å². The lowest BCUT2D eigenvalue weighted by atomic mass is 10.1. The Kier molecular flexibility index (Phi) is 2.48. The maximum Gasteiger partial charge on any atom is 0.0683 e. The molecule has 2 nitrogen and oxygen atoms in total. The van der Waals surface area contributed by atoms with Gasteiger partial charge in [-0.15, -0.1) is 9.24 Å². The van der Waals surface area contributed by atoms with Crippen molar-refractivity contribution in [3.8, 4) is 0 Å². The summed E-state index contributed by atoms with van der Waals surface area (Å²) >= 11 is 0. The van der Waals surface area contributed by atoms with E-state index in [-0.39, 0.29) is 0 Å². The van der Waals surface area contributed by atoms with Gasteiger partial charge in [-0.3, -0.25) is 5.32 Å². The average molecular weight is 182 g/mol. The van der Waals surface area contributed by atoms with Gasteiger partial charge in [-0.25, -0.2) is 0 Å². The molecular formula is C9H15N2P. The summed E-state index contributed by atoms with van der Waals surface area (Å²) in [6, 6.07) is 0. The molecule has 0 amide bonds. The van der Waals surface area contributed by atoms with Crippen LogP contribution in [0, 0.1) is 0 Å². The monoisotopic (exact) mass is 182 g/mol. The molecule has 1 unspecified atom stereocenters. The first-order chi connectivity index (χ1) is 5.88. The maximum absolute atomic E-state index is 3.34. The van der Waals surface area contributed by atoms with E-state index in [0.717, 1.165) is 19.8 Å². The van der Waals surface area contributed by atoms with E-state index < -0.39 is 0 Å². The number of hydrogen-bond acceptors (Lipinski definition) is 2. The maximum atomic E-state index is 3.34. The minimum absolute atomic E-state index is 1.01. The molecule has 0 radical (unpaired) electrons. The lowest BCUT2D eigenvalue weighted by Crippen LogP contribution is -2.22. The van der Waals surface area contributed by atoms with Gasteiger partial charge in [0.2, 0.25) is 0 Å². The average Bonchev–Trinajstić information content (AvgIpc) is 2.57. The molecule has 0 bridgehead atoms. The van der Waals surface area contributed by atoms with Gasteiger partial charge < -0.3 is 4.90 Å². The van der Waals surface area contributed by atoms with Crippen LogP contribution < -0.4 is 5.32 Å². The summed E-state index contributed by atoms with van der Waals surface area (Å²) in [5.41, 5.74) is 1.41. The molecule has 0 aromatic carbocycles. The highest BCUT2D eigenvalue weighted by molar-refractivity contribution is 7.23. The van der Waals surface area contributed by atoms with Gasteiger partial charge in [-0.05, 0) is 18.2 Å². The van der Waals surface area contributed by atoms with Crippen molar-refractivity contribution in [2.45, 2.75) is 12.8 Å². The third kappa shape index (κ3) is 1.55. The quantitative estimate of drug-likeness (QED) is 0.615. The SMILES string of the molecule is PC1=CCCC=C1N1CCNC1. The van der Waals surface area contributed by atoms with Gasteiger partial charge in [0.05, 0.1) is 6.67 Å². The Morgan fingerprint density at radius 1 is 1.33 bits per heavy atom. The molecule has 0 aromatic heterocycles. The van der Waals surface area contributed by atoms with Crippen LogP contribution in [0.4, 0.5) is 0 Å². The summed E-state index contributed by atoms with van der Waals surface area (Å²) in [7, 11) is 2.82. The standard InChI is InChI=1S/C9H15N2P/c12-9-4-2-1-3-8(9)11-6-5-10-7-11/h3-4,10H,1-2,5-7,12H2. The summed E-state index contributed by atoms with van der Waals surface area (Å²) in [4.78, 5) is 2.40. The third-order valence-electron chi connectivity index (χ3n) is 2.37. The van der Waals surface area contributed by atoms with Crippen molar-refractivity contribution in [1.29, 1.82) is 0 Å². The molecule has 1 aliphatic carbocycles. The zero-order valence-corrected chi connectivity index (χ0v) is 8.37. The van der Waals surface area contributed by atoms with E-state index in [0.29, 0.717) is 0 Å². The predicted octanol–water partition coefficient (Wildman–Crippen LogP) is 1.29. The number of hydrogen-bond donors (Lipinski definition) is 1. The Labute approximate surface area is 75.9 Å². The van der Waals surface area contributed by atoms with Gasteiger partial charge in [0.15, 0.2) is 0 Å². The smallest absolute Gasteiger partial charge is 0.0683 e. The zero-order valence-electron chi connectivity index (χ0n) is 7.21. The number of allylic oxidation sites excluding steroid dienone is 3. The van der Waals surface area contributed by atoms with E-state index in [1.54, 1.807) is 0 Å². The highest BCUT2D eigenvalue weighted by atomic mass is 31.0. The Morgan fingerprint density at radius 2 is 2.17 bits per heavy atom. The van der Waals surface area contributed by atoms with Gasteiger partial charge in [-0.1, -0.05) is 12.2 Å². The molecule has 1 aliphatic heterocycles. The third-order valence-corrected chi connectivity index (χ3v) is 2.90. The molecule has 0 saturated carbocycles. The van der Waals surface area contributed by atoms with Crippen molar-refractivity contribution in [2.24, 2.45) is 0 Å². The minimum Gasteiger partial charge on any atom is -0.357 e. The summed E-state index contributed by atoms with van der Waals surface area (Å²) in [5.74, 6) is 0. The fraction of sp³-hybridized carbons (Fsp3) is 0.556. The topological polar surface area (TPSA) is 15.3 Å². The molecule has 1 atom stereocenters. The molecule has 1 fully saturated rings. The first-order valence-corrected chi connectivity index (χ1v) is 5.07. The van der Waals surface area contributed by atoms with Crippen molar-refractivity contribution in [3.05, 3.63) is 23.2 Å². The molecule has 1 heterocycles. The minimum atomic E-state index is 1.01. The second-order valence-electron chi connectivity index (χ2n) is 3.25. The van der Waals surface area contributed by atoms with E-state index in [4.69, 9.17) is 0 Å².